The minimum atomic E-state index is -2.00. The summed E-state index contributed by atoms with van der Waals surface area (Å²) in [4.78, 5) is 12.6. The van der Waals surface area contributed by atoms with Crippen molar-refractivity contribution in [1.29, 1.82) is 0 Å². The highest BCUT2D eigenvalue weighted by molar-refractivity contribution is 6.90. The Morgan fingerprint density at radius 2 is 1.80 bits per heavy atom. The lowest BCUT2D eigenvalue weighted by atomic mass is 10.0. The van der Waals surface area contributed by atoms with Crippen LogP contribution < -0.4 is 5.56 Å². The minimum Gasteiger partial charge on any atom is -0.356 e. The van der Waals surface area contributed by atoms with E-state index in [0.717, 1.165) is 24.6 Å². The number of hydrogen-bond acceptors (Lipinski definition) is 3. The minimum absolute atomic E-state index is 0.241. The highest BCUT2D eigenvalue weighted by atomic mass is 28.3. The van der Waals surface area contributed by atoms with Gasteiger partial charge in [-0.15, -0.1) is 5.54 Å². The van der Waals surface area contributed by atoms with Crippen molar-refractivity contribution in [2.24, 2.45) is 7.05 Å². The second kappa shape index (κ2) is 9.79. The van der Waals surface area contributed by atoms with Gasteiger partial charge in [0.2, 0.25) is 0 Å². The number of hydrogen-bond donors (Lipinski definition) is 1. The number of nitrogens with one attached hydrogen (secondary N) is 1. The summed E-state index contributed by atoms with van der Waals surface area (Å²) in [5, 5.41) is 8.47. The van der Waals surface area contributed by atoms with Crippen molar-refractivity contribution in [2.45, 2.75) is 83.7 Å². The van der Waals surface area contributed by atoms with Crippen LogP contribution in [0, 0.1) is 17.3 Å². The number of rotatable bonds is 5. The number of aryl methyl sites for hydroxylation is 1. The summed E-state index contributed by atoms with van der Waals surface area (Å²) in [5.74, 6) is 3.00. The summed E-state index contributed by atoms with van der Waals surface area (Å²) in [6, 6.07) is 3.21. The van der Waals surface area contributed by atoms with E-state index < -0.39 is 13.9 Å². The second-order valence-electron chi connectivity index (χ2n) is 10.7. The molecule has 188 valence electrons. The molecular weight excluding hydrogens is 459 g/mol. The molecule has 3 heterocycles. The lowest BCUT2D eigenvalue weighted by Crippen LogP contribution is -2.43. The van der Waals surface area contributed by atoms with Crippen molar-refractivity contribution >= 4 is 19.0 Å². The molecule has 0 spiro atoms. The first-order valence-electron chi connectivity index (χ1n) is 12.7. The number of benzene rings is 1. The normalized spacial score (nSPS) is 16.9. The van der Waals surface area contributed by atoms with Crippen molar-refractivity contribution in [3.8, 4) is 22.6 Å². The van der Waals surface area contributed by atoms with Crippen molar-refractivity contribution in [3.63, 3.8) is 0 Å². The fourth-order valence-corrected chi connectivity index (χ4v) is 11.0. The first-order valence-corrected chi connectivity index (χ1v) is 14.9. The van der Waals surface area contributed by atoms with E-state index in [1.807, 2.05) is 0 Å². The highest BCUT2D eigenvalue weighted by Crippen LogP contribution is 2.41. The van der Waals surface area contributed by atoms with E-state index >= 15 is 4.39 Å². The largest absolute Gasteiger partial charge is 0.356 e. The molecule has 1 aromatic carbocycles. The summed E-state index contributed by atoms with van der Waals surface area (Å²) in [5.41, 5.74) is 6.77. The molecule has 0 radical (unpaired) electrons. The molecule has 2 aromatic heterocycles. The Bertz CT molecular complexity index is 1310. The van der Waals surface area contributed by atoms with E-state index in [1.165, 1.54) is 10.7 Å². The topological polar surface area (TPSA) is 64.8 Å². The molecule has 4 rings (SSSR count). The fraction of sp³-hybridized carbons (Fsp3) is 0.556. The molecule has 1 unspecified atom stereocenters. The van der Waals surface area contributed by atoms with Gasteiger partial charge in [-0.25, -0.2) is 9.07 Å². The Labute approximate surface area is 207 Å². The van der Waals surface area contributed by atoms with Crippen LogP contribution >= 0.6 is 0 Å². The third kappa shape index (κ3) is 4.40. The Morgan fingerprint density at radius 1 is 1.11 bits per heavy atom. The van der Waals surface area contributed by atoms with Gasteiger partial charge in [0.25, 0.3) is 5.56 Å². The third-order valence-corrected chi connectivity index (χ3v) is 14.0. The summed E-state index contributed by atoms with van der Waals surface area (Å²) in [7, 11) is -0.379. The first kappa shape index (κ1) is 25.5. The molecule has 3 aromatic rings. The number of halogens is 1. The molecule has 0 amide bonds. The number of nitrogens with zero attached hydrogens (tertiary/aromatic N) is 3. The molecule has 0 saturated carbocycles. The number of fused-ring (bicyclic) bond motifs is 1. The molecular formula is C27H37FN4O2Si. The van der Waals surface area contributed by atoms with Gasteiger partial charge in [0.05, 0.1) is 11.1 Å². The van der Waals surface area contributed by atoms with Gasteiger partial charge in [0.15, 0.2) is 6.23 Å². The molecule has 1 N–H and O–H groups in total. The number of aromatic nitrogens is 4. The monoisotopic (exact) mass is 496 g/mol. The van der Waals surface area contributed by atoms with Crippen LogP contribution in [-0.2, 0) is 11.8 Å². The zero-order valence-corrected chi connectivity index (χ0v) is 22.9. The van der Waals surface area contributed by atoms with Gasteiger partial charge in [0, 0.05) is 36.9 Å². The molecule has 8 heteroatoms. The second-order valence-corrected chi connectivity index (χ2v) is 16.2. The number of H-pyrrole nitrogens is 1. The average molecular weight is 497 g/mol. The van der Waals surface area contributed by atoms with Crippen LogP contribution in [0.2, 0.25) is 16.6 Å². The predicted molar refractivity (Wildman–Crippen MR) is 141 cm³/mol. The van der Waals surface area contributed by atoms with Crippen LogP contribution in [0.4, 0.5) is 4.39 Å². The van der Waals surface area contributed by atoms with Gasteiger partial charge in [-0.2, -0.15) is 5.10 Å². The van der Waals surface area contributed by atoms with Gasteiger partial charge in [-0.1, -0.05) is 47.5 Å². The molecule has 1 saturated heterocycles. The standard InChI is InChI=1S/C27H37FN4O2Si/c1-17(2)35(18(3)4,19(5)6)13-11-24-21-14-20(22-16-29-31(7)27(22)33)23(28)15-25(21)32(30-24)26-10-8-9-12-34-26/h14-19,26,29H,8-10,12H2,1-7H3. The lowest BCUT2D eigenvalue weighted by molar-refractivity contribution is -0.0367. The fourth-order valence-electron chi connectivity index (χ4n) is 5.85. The average Bonchev–Trinajstić information content (AvgIpc) is 3.33. The molecule has 1 fully saturated rings. The first-order chi connectivity index (χ1) is 16.6. The van der Waals surface area contributed by atoms with Crippen LogP contribution in [0.1, 0.15) is 72.7 Å². The predicted octanol–water partition coefficient (Wildman–Crippen LogP) is 6.14. The van der Waals surface area contributed by atoms with E-state index in [1.54, 1.807) is 24.0 Å². The van der Waals surface area contributed by atoms with Gasteiger partial charge in [0.1, 0.15) is 19.6 Å². The summed E-state index contributed by atoms with van der Waals surface area (Å²) in [6.45, 7) is 14.3. The molecule has 35 heavy (non-hydrogen) atoms. The molecule has 1 aliphatic heterocycles. The van der Waals surface area contributed by atoms with Crippen molar-refractivity contribution < 1.29 is 9.13 Å². The van der Waals surface area contributed by atoms with Gasteiger partial charge in [-0.3, -0.25) is 9.48 Å². The van der Waals surface area contributed by atoms with Crippen LogP contribution in [-0.4, -0.2) is 34.2 Å². The zero-order valence-electron chi connectivity index (χ0n) is 21.9. The van der Waals surface area contributed by atoms with Crippen molar-refractivity contribution in [3.05, 3.63) is 40.2 Å². The molecule has 1 aliphatic rings. The van der Waals surface area contributed by atoms with Gasteiger partial charge < -0.3 is 9.84 Å². The van der Waals surface area contributed by atoms with Crippen molar-refractivity contribution in [1.82, 2.24) is 19.6 Å². The summed E-state index contributed by atoms with van der Waals surface area (Å²) in [6.07, 6.45) is 4.18. The summed E-state index contributed by atoms with van der Waals surface area (Å²) >= 11 is 0. The maximum Gasteiger partial charge on any atom is 0.274 e. The van der Waals surface area contributed by atoms with E-state index in [4.69, 9.17) is 9.84 Å². The number of ether oxygens (including phenoxy) is 1. The Kier molecular flexibility index (Phi) is 7.12. The van der Waals surface area contributed by atoms with Crippen LogP contribution in [0.5, 0.6) is 0 Å². The van der Waals surface area contributed by atoms with Gasteiger partial charge >= 0.3 is 0 Å². The molecule has 0 bridgehead atoms. The van der Waals surface area contributed by atoms with E-state index in [0.29, 0.717) is 40.0 Å². The van der Waals surface area contributed by atoms with Crippen LogP contribution in [0.3, 0.4) is 0 Å². The zero-order chi connectivity index (χ0) is 25.5. The molecule has 0 aliphatic carbocycles. The SMILES string of the molecule is CC(C)[Si](C#Cc1nn(C2CCCCO2)c2cc(F)c(-c3c[nH]n(C)c3=O)cc12)(C(C)C)C(C)C. The summed E-state index contributed by atoms with van der Waals surface area (Å²) < 4.78 is 24.5. The Morgan fingerprint density at radius 3 is 2.34 bits per heavy atom. The number of aromatic amines is 1. The van der Waals surface area contributed by atoms with E-state index in [-0.39, 0.29) is 17.4 Å². The molecule has 1 atom stereocenters. The quantitative estimate of drug-likeness (QED) is 0.341. The Balaban J connectivity index is 1.96. The third-order valence-electron chi connectivity index (χ3n) is 7.71. The van der Waals surface area contributed by atoms with Crippen LogP contribution in [0.25, 0.3) is 22.0 Å². The van der Waals surface area contributed by atoms with Crippen molar-refractivity contribution in [2.75, 3.05) is 6.61 Å². The maximum atomic E-state index is 15.4. The lowest BCUT2D eigenvalue weighted by Gasteiger charge is -2.38. The smallest absolute Gasteiger partial charge is 0.274 e. The Hall–Kier alpha value is -2.63. The molecule has 6 nitrogen and oxygen atoms in total. The maximum absolute atomic E-state index is 15.4. The van der Waals surface area contributed by atoms with Crippen LogP contribution in [0.15, 0.2) is 23.1 Å². The highest BCUT2D eigenvalue weighted by Gasteiger charge is 2.41. The van der Waals surface area contributed by atoms with Gasteiger partial charge in [-0.05, 0) is 42.0 Å². The van der Waals surface area contributed by atoms with E-state index in [9.17, 15) is 4.79 Å². The van der Waals surface area contributed by atoms with E-state index in [2.05, 4.69) is 58.1 Å².